The molecule has 1 saturated carbocycles. The molecule has 19 heavy (non-hydrogen) atoms. The second kappa shape index (κ2) is 7.85. The summed E-state index contributed by atoms with van der Waals surface area (Å²) in [5.74, 6) is -0.0166. The standard InChI is InChI=1S/C15H27NO3/c17-15(18)13-7-5-12(6-8-13)11-16-9-1-3-14-4-2-10-19-14/h12-14,16H,1-11H2,(H,17,18). The molecule has 2 N–H and O–H groups in total. The van der Waals surface area contributed by atoms with Crippen molar-refractivity contribution in [1.29, 1.82) is 0 Å². The highest BCUT2D eigenvalue weighted by Crippen LogP contribution is 2.28. The lowest BCUT2D eigenvalue weighted by atomic mass is 9.82. The summed E-state index contributed by atoms with van der Waals surface area (Å²) in [7, 11) is 0. The first-order valence-corrected chi connectivity index (χ1v) is 7.81. The quantitative estimate of drug-likeness (QED) is 0.697. The van der Waals surface area contributed by atoms with Crippen LogP contribution in [0.1, 0.15) is 51.4 Å². The van der Waals surface area contributed by atoms with Gasteiger partial charge in [-0.2, -0.15) is 0 Å². The van der Waals surface area contributed by atoms with E-state index < -0.39 is 5.97 Å². The van der Waals surface area contributed by atoms with Crippen LogP contribution in [0.2, 0.25) is 0 Å². The van der Waals surface area contributed by atoms with Gasteiger partial charge in [0.1, 0.15) is 0 Å². The van der Waals surface area contributed by atoms with Crippen molar-refractivity contribution < 1.29 is 14.6 Å². The Morgan fingerprint density at radius 1 is 1.21 bits per heavy atom. The van der Waals surface area contributed by atoms with E-state index in [4.69, 9.17) is 9.84 Å². The molecule has 2 fully saturated rings. The highest BCUT2D eigenvalue weighted by atomic mass is 16.5. The maximum Gasteiger partial charge on any atom is 0.306 e. The van der Waals surface area contributed by atoms with Crippen molar-refractivity contribution >= 4 is 5.97 Å². The number of nitrogens with one attached hydrogen (secondary N) is 1. The predicted molar refractivity (Wildman–Crippen MR) is 74.2 cm³/mol. The van der Waals surface area contributed by atoms with Crippen LogP contribution in [0.5, 0.6) is 0 Å². The van der Waals surface area contributed by atoms with Crippen LogP contribution in [-0.4, -0.2) is 36.9 Å². The lowest BCUT2D eigenvalue weighted by Crippen LogP contribution is -2.29. The zero-order valence-corrected chi connectivity index (χ0v) is 11.8. The first kappa shape index (κ1) is 14.8. The van der Waals surface area contributed by atoms with Crippen LogP contribution in [0.4, 0.5) is 0 Å². The smallest absolute Gasteiger partial charge is 0.306 e. The van der Waals surface area contributed by atoms with Crippen LogP contribution < -0.4 is 5.32 Å². The summed E-state index contributed by atoms with van der Waals surface area (Å²) >= 11 is 0. The van der Waals surface area contributed by atoms with Crippen LogP contribution in [0.25, 0.3) is 0 Å². The Balaban J connectivity index is 1.46. The monoisotopic (exact) mass is 269 g/mol. The fraction of sp³-hybridized carbons (Fsp3) is 0.933. The average Bonchev–Trinajstić information content (AvgIpc) is 2.92. The zero-order chi connectivity index (χ0) is 13.5. The Bertz CT molecular complexity index is 269. The summed E-state index contributed by atoms with van der Waals surface area (Å²) < 4.78 is 5.60. The molecule has 4 nitrogen and oxygen atoms in total. The lowest BCUT2D eigenvalue weighted by molar-refractivity contribution is -0.143. The van der Waals surface area contributed by atoms with Crippen LogP contribution >= 0.6 is 0 Å². The van der Waals surface area contributed by atoms with E-state index in [1.807, 2.05) is 0 Å². The van der Waals surface area contributed by atoms with Gasteiger partial charge in [0.05, 0.1) is 12.0 Å². The number of aliphatic carboxylic acids is 1. The van der Waals surface area contributed by atoms with Crippen LogP contribution in [0.15, 0.2) is 0 Å². The molecule has 0 radical (unpaired) electrons. The van der Waals surface area contributed by atoms with Gasteiger partial charge in [0.25, 0.3) is 0 Å². The number of hydrogen-bond donors (Lipinski definition) is 2. The first-order valence-electron chi connectivity index (χ1n) is 7.81. The summed E-state index contributed by atoms with van der Waals surface area (Å²) in [6.07, 6.45) is 9.19. The Hall–Kier alpha value is -0.610. The highest BCUT2D eigenvalue weighted by Gasteiger charge is 2.25. The van der Waals surface area contributed by atoms with E-state index in [-0.39, 0.29) is 5.92 Å². The molecular weight excluding hydrogens is 242 g/mol. The van der Waals surface area contributed by atoms with Crippen LogP contribution in [0.3, 0.4) is 0 Å². The minimum Gasteiger partial charge on any atom is -0.481 e. The molecule has 2 aliphatic rings. The molecule has 1 unspecified atom stereocenters. The molecule has 110 valence electrons. The van der Waals surface area contributed by atoms with Gasteiger partial charge in [0, 0.05) is 6.61 Å². The molecule has 1 atom stereocenters. The Morgan fingerprint density at radius 2 is 2.00 bits per heavy atom. The number of carboxylic acids is 1. The molecule has 0 aromatic rings. The van der Waals surface area contributed by atoms with Crippen molar-refractivity contribution in [1.82, 2.24) is 5.32 Å². The predicted octanol–water partition coefficient (Wildman–Crippen LogP) is 2.43. The van der Waals surface area contributed by atoms with Crippen molar-refractivity contribution in [2.75, 3.05) is 19.7 Å². The van der Waals surface area contributed by atoms with Gasteiger partial charge in [-0.05, 0) is 70.4 Å². The Kier molecular flexibility index (Phi) is 6.11. The van der Waals surface area contributed by atoms with Gasteiger partial charge in [-0.1, -0.05) is 0 Å². The molecule has 1 heterocycles. The second-order valence-electron chi connectivity index (χ2n) is 6.04. The average molecular weight is 269 g/mol. The molecule has 1 aliphatic carbocycles. The first-order chi connectivity index (χ1) is 9.25. The van der Waals surface area contributed by atoms with Crippen molar-refractivity contribution in [2.45, 2.75) is 57.5 Å². The molecule has 4 heteroatoms. The van der Waals surface area contributed by atoms with Gasteiger partial charge < -0.3 is 15.2 Å². The Labute approximate surface area is 115 Å². The van der Waals surface area contributed by atoms with Crippen molar-refractivity contribution in [3.63, 3.8) is 0 Å². The lowest BCUT2D eigenvalue weighted by Gasteiger charge is -2.26. The number of carbonyl (C=O) groups is 1. The van der Waals surface area contributed by atoms with Gasteiger partial charge >= 0.3 is 5.97 Å². The maximum absolute atomic E-state index is 10.9. The van der Waals surface area contributed by atoms with Crippen LogP contribution in [0, 0.1) is 11.8 Å². The number of rotatable bonds is 7. The normalized spacial score (nSPS) is 31.5. The summed E-state index contributed by atoms with van der Waals surface area (Å²) in [4.78, 5) is 10.9. The largest absolute Gasteiger partial charge is 0.481 e. The number of ether oxygens (including phenoxy) is 1. The fourth-order valence-corrected chi connectivity index (χ4v) is 3.25. The van der Waals surface area contributed by atoms with E-state index in [1.54, 1.807) is 0 Å². The third-order valence-electron chi connectivity index (χ3n) is 4.53. The third-order valence-corrected chi connectivity index (χ3v) is 4.53. The molecule has 0 amide bonds. The minimum absolute atomic E-state index is 0.0873. The maximum atomic E-state index is 10.9. The Morgan fingerprint density at radius 3 is 2.63 bits per heavy atom. The van der Waals surface area contributed by atoms with Crippen molar-refractivity contribution in [2.24, 2.45) is 11.8 Å². The molecule has 0 spiro atoms. The van der Waals surface area contributed by atoms with Crippen LogP contribution in [-0.2, 0) is 9.53 Å². The van der Waals surface area contributed by atoms with Crippen molar-refractivity contribution in [3.8, 4) is 0 Å². The van der Waals surface area contributed by atoms with Gasteiger partial charge in [-0.25, -0.2) is 0 Å². The SMILES string of the molecule is O=C(O)C1CCC(CNCCCC2CCCO2)CC1. The summed E-state index contributed by atoms with van der Waals surface area (Å²) in [6.45, 7) is 3.07. The second-order valence-corrected chi connectivity index (χ2v) is 6.04. The van der Waals surface area contributed by atoms with E-state index in [2.05, 4.69) is 5.32 Å². The topological polar surface area (TPSA) is 58.6 Å². The molecule has 1 saturated heterocycles. The number of carboxylic acid groups (broad SMARTS) is 1. The highest BCUT2D eigenvalue weighted by molar-refractivity contribution is 5.69. The van der Waals surface area contributed by atoms with Gasteiger partial charge in [0.15, 0.2) is 0 Å². The van der Waals surface area contributed by atoms with Gasteiger partial charge in [-0.3, -0.25) is 4.79 Å². The van der Waals surface area contributed by atoms with Gasteiger partial charge in [-0.15, -0.1) is 0 Å². The van der Waals surface area contributed by atoms with E-state index in [1.165, 1.54) is 25.7 Å². The molecular formula is C15H27NO3. The van der Waals surface area contributed by atoms with E-state index >= 15 is 0 Å². The van der Waals surface area contributed by atoms with Crippen molar-refractivity contribution in [3.05, 3.63) is 0 Å². The van der Waals surface area contributed by atoms with E-state index in [0.29, 0.717) is 12.0 Å². The minimum atomic E-state index is -0.608. The molecule has 1 aliphatic heterocycles. The summed E-state index contributed by atoms with van der Waals surface area (Å²) in [5, 5.41) is 12.5. The molecule has 2 rings (SSSR count). The fourth-order valence-electron chi connectivity index (χ4n) is 3.25. The summed E-state index contributed by atoms with van der Waals surface area (Å²) in [5.41, 5.74) is 0. The number of hydrogen-bond acceptors (Lipinski definition) is 3. The molecule has 0 aromatic heterocycles. The van der Waals surface area contributed by atoms with E-state index in [0.717, 1.165) is 45.4 Å². The van der Waals surface area contributed by atoms with E-state index in [9.17, 15) is 4.79 Å². The zero-order valence-electron chi connectivity index (χ0n) is 11.8. The third kappa shape index (κ3) is 5.11. The molecule has 0 aromatic carbocycles. The van der Waals surface area contributed by atoms with Gasteiger partial charge in [0.2, 0.25) is 0 Å². The summed E-state index contributed by atoms with van der Waals surface area (Å²) in [6, 6.07) is 0. The molecule has 0 bridgehead atoms.